The number of anilines is 1. The lowest BCUT2D eigenvalue weighted by Gasteiger charge is -2.25. The van der Waals surface area contributed by atoms with Crippen LogP contribution in [0.4, 0.5) is 5.69 Å². The number of hydrogen-bond acceptors (Lipinski definition) is 3. The van der Waals surface area contributed by atoms with Gasteiger partial charge in [0.1, 0.15) is 0 Å². The van der Waals surface area contributed by atoms with Gasteiger partial charge in [-0.3, -0.25) is 14.4 Å². The molecular formula is C16H14N2O3. The molecule has 0 aliphatic carbocycles. The van der Waals surface area contributed by atoms with E-state index in [0.29, 0.717) is 5.69 Å². The monoisotopic (exact) mass is 282 g/mol. The van der Waals surface area contributed by atoms with Crippen molar-refractivity contribution in [3.8, 4) is 0 Å². The molecule has 2 bridgehead atoms. The topological polar surface area (TPSA) is 57.7 Å². The molecular weight excluding hydrogens is 268 g/mol. The van der Waals surface area contributed by atoms with Crippen LogP contribution in [0.5, 0.6) is 0 Å². The Bertz CT molecular complexity index is 650. The maximum Gasteiger partial charge on any atom is 0.240 e. The summed E-state index contributed by atoms with van der Waals surface area (Å²) in [5.74, 6) is -1.34. The quantitative estimate of drug-likeness (QED) is 0.569. The average Bonchev–Trinajstić information content (AvgIpc) is 3.10. The zero-order valence-electron chi connectivity index (χ0n) is 11.5. The van der Waals surface area contributed by atoms with Gasteiger partial charge in [0, 0.05) is 6.92 Å². The molecule has 1 aromatic carbocycles. The Morgan fingerprint density at radius 2 is 1.48 bits per heavy atom. The Morgan fingerprint density at radius 1 is 0.952 bits per heavy atom. The Kier molecular flexibility index (Phi) is 2.37. The standard InChI is InChI=1S/C16H14N2O3/c1-9(19)17-11-7-8-12(17)14-13(11)15(20)18(16(14)21)10-5-3-2-4-6-10/h2-8,11-14H,1H3/t11-,12+,13-,14+. The lowest BCUT2D eigenvalue weighted by Crippen LogP contribution is -2.42. The number of imide groups is 1. The summed E-state index contributed by atoms with van der Waals surface area (Å²) in [5.41, 5.74) is 0.607. The van der Waals surface area contributed by atoms with Gasteiger partial charge in [-0.05, 0) is 12.1 Å². The molecule has 0 aromatic heterocycles. The molecule has 2 saturated heterocycles. The van der Waals surface area contributed by atoms with E-state index in [1.807, 2.05) is 18.2 Å². The number of fused-ring (bicyclic) bond motifs is 5. The van der Waals surface area contributed by atoms with Crippen LogP contribution in [0.15, 0.2) is 42.5 Å². The van der Waals surface area contributed by atoms with Crippen LogP contribution in [0.2, 0.25) is 0 Å². The number of para-hydroxylation sites is 1. The minimum absolute atomic E-state index is 0.0868. The van der Waals surface area contributed by atoms with Gasteiger partial charge < -0.3 is 4.90 Å². The molecule has 1 aromatic rings. The lowest BCUT2D eigenvalue weighted by atomic mass is 9.85. The third kappa shape index (κ3) is 1.43. The van der Waals surface area contributed by atoms with Gasteiger partial charge in [0.25, 0.3) is 0 Å². The van der Waals surface area contributed by atoms with Crippen molar-refractivity contribution < 1.29 is 14.4 Å². The van der Waals surface area contributed by atoms with Gasteiger partial charge in [-0.15, -0.1) is 0 Å². The Balaban J connectivity index is 1.75. The van der Waals surface area contributed by atoms with E-state index in [9.17, 15) is 14.4 Å². The number of carbonyl (C=O) groups is 3. The van der Waals surface area contributed by atoms with Crippen LogP contribution in [0.25, 0.3) is 0 Å². The molecule has 3 aliphatic rings. The summed E-state index contributed by atoms with van der Waals surface area (Å²) in [6.07, 6.45) is 3.76. The van der Waals surface area contributed by atoms with E-state index < -0.39 is 11.8 Å². The van der Waals surface area contributed by atoms with E-state index >= 15 is 0 Å². The van der Waals surface area contributed by atoms with Gasteiger partial charge in [0.05, 0.1) is 29.6 Å². The van der Waals surface area contributed by atoms with Crippen molar-refractivity contribution in [1.29, 1.82) is 0 Å². The third-order valence-electron chi connectivity index (χ3n) is 4.66. The molecule has 0 N–H and O–H groups in total. The van der Waals surface area contributed by atoms with Gasteiger partial charge in [-0.1, -0.05) is 30.4 Å². The molecule has 4 atom stereocenters. The van der Waals surface area contributed by atoms with E-state index in [2.05, 4.69) is 0 Å². The number of benzene rings is 1. The summed E-state index contributed by atoms with van der Waals surface area (Å²) >= 11 is 0. The first-order valence-electron chi connectivity index (χ1n) is 7.01. The fourth-order valence-electron chi connectivity index (χ4n) is 3.88. The summed E-state index contributed by atoms with van der Waals surface area (Å²) in [5, 5.41) is 0. The summed E-state index contributed by atoms with van der Waals surface area (Å²) in [7, 11) is 0. The summed E-state index contributed by atoms with van der Waals surface area (Å²) in [6, 6.07) is 8.42. The number of rotatable bonds is 1. The summed E-state index contributed by atoms with van der Waals surface area (Å²) in [4.78, 5) is 40.1. The van der Waals surface area contributed by atoms with Gasteiger partial charge in [0.2, 0.25) is 17.7 Å². The number of amides is 3. The molecule has 3 heterocycles. The fourth-order valence-corrected chi connectivity index (χ4v) is 3.88. The van der Waals surface area contributed by atoms with E-state index in [-0.39, 0.29) is 29.8 Å². The van der Waals surface area contributed by atoms with Crippen molar-refractivity contribution in [3.63, 3.8) is 0 Å². The first-order valence-corrected chi connectivity index (χ1v) is 7.01. The van der Waals surface area contributed by atoms with Crippen molar-refractivity contribution in [2.24, 2.45) is 11.8 Å². The largest absolute Gasteiger partial charge is 0.328 e. The van der Waals surface area contributed by atoms with Crippen molar-refractivity contribution >= 4 is 23.4 Å². The van der Waals surface area contributed by atoms with E-state index in [1.165, 1.54) is 11.8 Å². The van der Waals surface area contributed by atoms with Crippen molar-refractivity contribution in [2.75, 3.05) is 4.90 Å². The fraction of sp³-hybridized carbons (Fsp3) is 0.312. The maximum absolute atomic E-state index is 12.7. The van der Waals surface area contributed by atoms with Crippen LogP contribution in [0, 0.1) is 11.8 Å². The highest BCUT2D eigenvalue weighted by Crippen LogP contribution is 2.48. The number of nitrogens with zero attached hydrogens (tertiary/aromatic N) is 2. The highest BCUT2D eigenvalue weighted by molar-refractivity contribution is 6.23. The molecule has 3 amide bonds. The minimum atomic E-state index is -0.434. The predicted molar refractivity (Wildman–Crippen MR) is 75.2 cm³/mol. The van der Waals surface area contributed by atoms with Gasteiger partial charge in [0.15, 0.2) is 0 Å². The Labute approximate surface area is 121 Å². The molecule has 3 aliphatic heterocycles. The van der Waals surface area contributed by atoms with E-state index in [0.717, 1.165) is 0 Å². The Morgan fingerprint density at radius 3 is 1.95 bits per heavy atom. The average molecular weight is 282 g/mol. The van der Waals surface area contributed by atoms with Crippen molar-refractivity contribution in [3.05, 3.63) is 42.5 Å². The molecule has 4 rings (SSSR count). The lowest BCUT2D eigenvalue weighted by molar-refractivity contribution is -0.131. The molecule has 0 spiro atoms. The summed E-state index contributed by atoms with van der Waals surface area (Å²) < 4.78 is 0. The third-order valence-corrected chi connectivity index (χ3v) is 4.66. The zero-order chi connectivity index (χ0) is 14.7. The van der Waals surface area contributed by atoms with Crippen LogP contribution in [0.1, 0.15) is 6.92 Å². The SMILES string of the molecule is CC(=O)N1[C@@H]2C=C[C@H]1[C@@H]1C(=O)N(c3ccccc3)C(=O)[C@@H]12. The maximum atomic E-state index is 12.7. The molecule has 21 heavy (non-hydrogen) atoms. The molecule has 5 heteroatoms. The Hall–Kier alpha value is -2.43. The van der Waals surface area contributed by atoms with Crippen molar-refractivity contribution in [2.45, 2.75) is 19.0 Å². The summed E-state index contributed by atoms with van der Waals surface area (Å²) in [6.45, 7) is 1.48. The van der Waals surface area contributed by atoms with Crippen LogP contribution in [-0.2, 0) is 14.4 Å². The smallest absolute Gasteiger partial charge is 0.240 e. The van der Waals surface area contributed by atoms with Crippen molar-refractivity contribution in [1.82, 2.24) is 4.90 Å². The van der Waals surface area contributed by atoms with Crippen LogP contribution in [0.3, 0.4) is 0 Å². The molecule has 2 fully saturated rings. The highest BCUT2D eigenvalue weighted by Gasteiger charge is 2.63. The molecule has 5 nitrogen and oxygen atoms in total. The van der Waals surface area contributed by atoms with Gasteiger partial charge >= 0.3 is 0 Å². The second kappa shape index (κ2) is 4.04. The highest BCUT2D eigenvalue weighted by atomic mass is 16.2. The molecule has 0 unspecified atom stereocenters. The second-order valence-corrected chi connectivity index (χ2v) is 5.69. The van der Waals surface area contributed by atoms with E-state index in [1.54, 1.807) is 29.2 Å². The number of carbonyl (C=O) groups excluding carboxylic acids is 3. The first-order chi connectivity index (χ1) is 10.1. The van der Waals surface area contributed by atoms with Gasteiger partial charge in [-0.25, -0.2) is 4.90 Å². The molecule has 0 radical (unpaired) electrons. The molecule has 106 valence electrons. The minimum Gasteiger partial charge on any atom is -0.328 e. The van der Waals surface area contributed by atoms with Gasteiger partial charge in [-0.2, -0.15) is 0 Å². The zero-order valence-corrected chi connectivity index (χ0v) is 11.5. The second-order valence-electron chi connectivity index (χ2n) is 5.69. The normalized spacial score (nSPS) is 33.0. The van der Waals surface area contributed by atoms with E-state index in [4.69, 9.17) is 0 Å². The number of hydrogen-bond donors (Lipinski definition) is 0. The predicted octanol–water partition coefficient (Wildman–Crippen LogP) is 0.961. The molecule has 0 saturated carbocycles. The van der Waals surface area contributed by atoms with Crippen LogP contribution in [-0.4, -0.2) is 34.7 Å². The van der Waals surface area contributed by atoms with Crippen LogP contribution < -0.4 is 4.90 Å². The first kappa shape index (κ1) is 12.3. The van der Waals surface area contributed by atoms with Crippen LogP contribution >= 0.6 is 0 Å².